The SMILES string of the molecule is CN(C)C(=O)c1ccc(N2CCC(CCCCN(C)C(=O)C(O)(c3ccccc3)C(F)(F)F)CC2)cc1Cl. The molecule has 1 atom stereocenters. The van der Waals surface area contributed by atoms with Gasteiger partial charge in [-0.3, -0.25) is 9.59 Å². The Bertz CT molecular complexity index is 1110. The topological polar surface area (TPSA) is 64.1 Å². The van der Waals surface area contributed by atoms with Crippen molar-refractivity contribution < 1.29 is 27.9 Å². The van der Waals surface area contributed by atoms with Crippen LogP contribution in [0.4, 0.5) is 18.9 Å². The maximum absolute atomic E-state index is 13.8. The fraction of sp³-hybridized carbons (Fsp3) is 0.500. The van der Waals surface area contributed by atoms with Crippen LogP contribution in [0, 0.1) is 5.92 Å². The minimum atomic E-state index is -5.14. The zero-order valence-corrected chi connectivity index (χ0v) is 22.7. The Kier molecular flexibility index (Phi) is 9.70. The predicted molar refractivity (Wildman–Crippen MR) is 142 cm³/mol. The lowest BCUT2D eigenvalue weighted by Crippen LogP contribution is -2.55. The molecule has 6 nitrogen and oxygen atoms in total. The molecule has 208 valence electrons. The summed E-state index contributed by atoms with van der Waals surface area (Å²) in [5, 5.41) is 10.9. The molecule has 1 aliphatic rings. The van der Waals surface area contributed by atoms with Gasteiger partial charge in [0.25, 0.3) is 17.4 Å². The van der Waals surface area contributed by atoms with Gasteiger partial charge in [-0.15, -0.1) is 0 Å². The second kappa shape index (κ2) is 12.4. The Labute approximate surface area is 227 Å². The van der Waals surface area contributed by atoms with Crippen LogP contribution in [0.15, 0.2) is 48.5 Å². The first-order valence-corrected chi connectivity index (χ1v) is 13.1. The summed E-state index contributed by atoms with van der Waals surface area (Å²) >= 11 is 6.36. The van der Waals surface area contributed by atoms with E-state index in [1.807, 2.05) is 12.1 Å². The van der Waals surface area contributed by atoms with Crippen molar-refractivity contribution in [2.75, 3.05) is 45.7 Å². The van der Waals surface area contributed by atoms with Crippen molar-refractivity contribution in [2.24, 2.45) is 5.92 Å². The molecular formula is C28H35ClF3N3O3. The van der Waals surface area contributed by atoms with E-state index < -0.39 is 23.2 Å². The molecule has 0 aliphatic carbocycles. The Morgan fingerprint density at radius 2 is 1.66 bits per heavy atom. The molecule has 1 heterocycles. The molecule has 2 aromatic rings. The first-order valence-electron chi connectivity index (χ1n) is 12.7. The largest absolute Gasteiger partial charge is 0.430 e. The summed E-state index contributed by atoms with van der Waals surface area (Å²) in [6.45, 7) is 1.81. The number of nitrogens with zero attached hydrogens (tertiary/aromatic N) is 3. The second-order valence-electron chi connectivity index (χ2n) is 10.1. The normalized spacial score (nSPS) is 16.2. The van der Waals surface area contributed by atoms with E-state index in [1.165, 1.54) is 30.1 Å². The lowest BCUT2D eigenvalue weighted by molar-refractivity contribution is -0.261. The van der Waals surface area contributed by atoms with Crippen LogP contribution in [0.2, 0.25) is 5.02 Å². The third kappa shape index (κ3) is 6.61. The van der Waals surface area contributed by atoms with Gasteiger partial charge in [0.05, 0.1) is 10.6 Å². The van der Waals surface area contributed by atoms with Gasteiger partial charge in [-0.05, 0) is 43.4 Å². The van der Waals surface area contributed by atoms with Gasteiger partial charge < -0.3 is 19.8 Å². The summed E-state index contributed by atoms with van der Waals surface area (Å²) in [5.74, 6) is -1.04. The number of amides is 2. The summed E-state index contributed by atoms with van der Waals surface area (Å²) in [5.41, 5.74) is -2.62. The van der Waals surface area contributed by atoms with Crippen molar-refractivity contribution >= 4 is 29.1 Å². The fourth-order valence-electron chi connectivity index (χ4n) is 4.84. The highest BCUT2D eigenvalue weighted by Gasteiger charge is 2.61. The van der Waals surface area contributed by atoms with Gasteiger partial charge in [-0.2, -0.15) is 13.2 Å². The number of alkyl halides is 3. The molecule has 1 aliphatic heterocycles. The van der Waals surface area contributed by atoms with E-state index in [0.717, 1.165) is 61.5 Å². The number of rotatable bonds is 9. The molecule has 1 fully saturated rings. The minimum Gasteiger partial charge on any atom is -0.371 e. The quantitative estimate of drug-likeness (QED) is 0.426. The Hall–Kier alpha value is -2.78. The fourth-order valence-corrected chi connectivity index (χ4v) is 5.10. The molecular weight excluding hydrogens is 519 g/mol. The van der Waals surface area contributed by atoms with Crippen LogP contribution in [0.1, 0.15) is 48.0 Å². The monoisotopic (exact) mass is 553 g/mol. The van der Waals surface area contributed by atoms with E-state index in [2.05, 4.69) is 4.90 Å². The highest BCUT2D eigenvalue weighted by atomic mass is 35.5. The summed E-state index contributed by atoms with van der Waals surface area (Å²) in [6.07, 6.45) is -0.984. The Morgan fingerprint density at radius 3 is 2.21 bits per heavy atom. The standard InChI is InChI=1S/C28H35ClF3N3O3/c1-33(2)25(36)23-13-12-22(19-24(23)29)35-17-14-20(15-18-35)9-7-8-16-34(3)26(37)27(38,28(30,31)32)21-10-5-4-6-11-21/h4-6,10-13,19-20,38H,7-9,14-18H2,1-3H3. The van der Waals surface area contributed by atoms with Crippen LogP contribution < -0.4 is 4.90 Å². The smallest absolute Gasteiger partial charge is 0.371 e. The van der Waals surface area contributed by atoms with Gasteiger partial charge in [0.1, 0.15) is 0 Å². The van der Waals surface area contributed by atoms with Gasteiger partial charge in [0.15, 0.2) is 0 Å². The van der Waals surface area contributed by atoms with Crippen LogP contribution in [-0.2, 0) is 10.4 Å². The lowest BCUT2D eigenvalue weighted by atomic mass is 9.90. The van der Waals surface area contributed by atoms with E-state index in [1.54, 1.807) is 20.2 Å². The first-order chi connectivity index (χ1) is 17.9. The van der Waals surface area contributed by atoms with Crippen molar-refractivity contribution in [1.82, 2.24) is 9.80 Å². The van der Waals surface area contributed by atoms with Crippen molar-refractivity contribution in [3.8, 4) is 0 Å². The third-order valence-corrected chi connectivity index (χ3v) is 7.50. The number of hydrogen-bond donors (Lipinski definition) is 1. The van der Waals surface area contributed by atoms with Gasteiger partial charge in [-0.1, -0.05) is 54.8 Å². The number of carbonyl (C=O) groups is 2. The Balaban J connectivity index is 1.47. The summed E-state index contributed by atoms with van der Waals surface area (Å²) in [6, 6.07) is 11.9. The lowest BCUT2D eigenvalue weighted by Gasteiger charge is -2.34. The van der Waals surface area contributed by atoms with E-state index in [9.17, 15) is 27.9 Å². The third-order valence-electron chi connectivity index (χ3n) is 7.18. The van der Waals surface area contributed by atoms with E-state index >= 15 is 0 Å². The molecule has 1 N–H and O–H groups in total. The highest BCUT2D eigenvalue weighted by Crippen LogP contribution is 2.40. The number of piperidine rings is 1. The van der Waals surface area contributed by atoms with Gasteiger partial charge in [-0.25, -0.2) is 0 Å². The Morgan fingerprint density at radius 1 is 1.03 bits per heavy atom. The number of anilines is 1. The van der Waals surface area contributed by atoms with Gasteiger partial charge in [0.2, 0.25) is 0 Å². The van der Waals surface area contributed by atoms with E-state index in [-0.39, 0.29) is 12.5 Å². The van der Waals surface area contributed by atoms with E-state index in [0.29, 0.717) is 22.9 Å². The predicted octanol–water partition coefficient (Wildman–Crippen LogP) is 5.34. The number of carbonyl (C=O) groups excluding carboxylic acids is 2. The molecule has 2 aromatic carbocycles. The number of aliphatic hydroxyl groups is 1. The molecule has 2 amide bonds. The minimum absolute atomic E-state index is 0.124. The zero-order chi connectivity index (χ0) is 28.1. The van der Waals surface area contributed by atoms with Crippen LogP contribution in [-0.4, -0.2) is 73.7 Å². The van der Waals surface area contributed by atoms with Crippen LogP contribution in [0.3, 0.4) is 0 Å². The molecule has 0 aromatic heterocycles. The number of unbranched alkanes of at least 4 members (excludes halogenated alkanes) is 1. The zero-order valence-electron chi connectivity index (χ0n) is 22.0. The average molecular weight is 554 g/mol. The van der Waals surface area contributed by atoms with Crippen molar-refractivity contribution in [2.45, 2.75) is 43.9 Å². The van der Waals surface area contributed by atoms with Crippen LogP contribution >= 0.6 is 11.6 Å². The molecule has 1 saturated heterocycles. The molecule has 0 radical (unpaired) electrons. The molecule has 38 heavy (non-hydrogen) atoms. The maximum atomic E-state index is 13.8. The maximum Gasteiger partial charge on any atom is 0.430 e. The molecule has 0 bridgehead atoms. The summed E-state index contributed by atoms with van der Waals surface area (Å²) < 4.78 is 41.3. The first kappa shape index (κ1) is 29.8. The number of likely N-dealkylation sites (N-methyl/N-ethyl adjacent to an activating group) is 1. The number of benzene rings is 2. The number of hydrogen-bond acceptors (Lipinski definition) is 4. The van der Waals surface area contributed by atoms with Crippen molar-refractivity contribution in [1.29, 1.82) is 0 Å². The molecule has 1 unspecified atom stereocenters. The summed E-state index contributed by atoms with van der Waals surface area (Å²) in [7, 11) is 4.66. The van der Waals surface area contributed by atoms with Crippen molar-refractivity contribution in [3.05, 3.63) is 64.7 Å². The van der Waals surface area contributed by atoms with Crippen LogP contribution in [0.5, 0.6) is 0 Å². The van der Waals surface area contributed by atoms with Gasteiger partial charge in [0, 0.05) is 52.0 Å². The van der Waals surface area contributed by atoms with E-state index in [4.69, 9.17) is 11.6 Å². The number of halogens is 4. The summed E-state index contributed by atoms with van der Waals surface area (Å²) in [4.78, 5) is 29.6. The highest BCUT2D eigenvalue weighted by molar-refractivity contribution is 6.34. The molecule has 3 rings (SSSR count). The molecule has 0 saturated carbocycles. The van der Waals surface area contributed by atoms with Crippen LogP contribution in [0.25, 0.3) is 0 Å². The van der Waals surface area contributed by atoms with Crippen molar-refractivity contribution in [3.63, 3.8) is 0 Å². The van der Waals surface area contributed by atoms with Gasteiger partial charge >= 0.3 is 6.18 Å². The average Bonchev–Trinajstić information content (AvgIpc) is 2.89. The second-order valence-corrected chi connectivity index (χ2v) is 10.5. The molecule has 0 spiro atoms. The molecule has 10 heteroatoms.